The molecule has 0 spiro atoms. The zero-order chi connectivity index (χ0) is 15.5. The average Bonchev–Trinajstić information content (AvgIpc) is 2.86. The van der Waals surface area contributed by atoms with E-state index < -0.39 is 9.84 Å². The van der Waals surface area contributed by atoms with E-state index in [-0.39, 0.29) is 23.3 Å². The van der Waals surface area contributed by atoms with E-state index in [0.717, 1.165) is 0 Å². The molecule has 0 unspecified atom stereocenters. The first-order chi connectivity index (χ1) is 9.89. The third kappa shape index (κ3) is 4.29. The first kappa shape index (κ1) is 15.5. The van der Waals surface area contributed by atoms with Crippen LogP contribution in [-0.4, -0.2) is 25.7 Å². The van der Waals surface area contributed by atoms with Crippen LogP contribution in [0.25, 0.3) is 0 Å². The molecule has 1 aromatic carbocycles. The van der Waals surface area contributed by atoms with E-state index in [9.17, 15) is 8.42 Å². The third-order valence-corrected chi connectivity index (χ3v) is 4.32. The monoisotopic (exact) mass is 310 g/mol. The topological polar surface area (TPSA) is 82.3 Å². The van der Waals surface area contributed by atoms with Gasteiger partial charge in [-0.15, -0.1) is 0 Å². The SMILES string of the molecule is COc1cccc(CS(=O)(=O)Cc2nc(C(C)C)no2)c1. The van der Waals surface area contributed by atoms with Crippen LogP contribution >= 0.6 is 0 Å². The Hall–Kier alpha value is -1.89. The molecule has 0 radical (unpaired) electrons. The van der Waals surface area contributed by atoms with E-state index >= 15 is 0 Å². The van der Waals surface area contributed by atoms with Gasteiger partial charge in [0, 0.05) is 5.92 Å². The summed E-state index contributed by atoms with van der Waals surface area (Å²) in [5, 5.41) is 3.76. The standard InChI is InChI=1S/C14H18N2O4S/c1-10(2)14-15-13(20-16-14)9-21(17,18)8-11-5-4-6-12(7-11)19-3/h4-7,10H,8-9H2,1-3H3. The number of sulfone groups is 1. The highest BCUT2D eigenvalue weighted by Crippen LogP contribution is 2.17. The highest BCUT2D eigenvalue weighted by molar-refractivity contribution is 7.89. The van der Waals surface area contributed by atoms with Crippen molar-refractivity contribution in [1.29, 1.82) is 0 Å². The summed E-state index contributed by atoms with van der Waals surface area (Å²) in [4.78, 5) is 4.09. The minimum Gasteiger partial charge on any atom is -0.497 e. The van der Waals surface area contributed by atoms with Crippen LogP contribution in [0.5, 0.6) is 5.75 Å². The van der Waals surface area contributed by atoms with Crippen molar-refractivity contribution < 1.29 is 17.7 Å². The Labute approximate surface area is 124 Å². The summed E-state index contributed by atoms with van der Waals surface area (Å²) in [6.07, 6.45) is 0. The lowest BCUT2D eigenvalue weighted by molar-refractivity contribution is 0.380. The highest BCUT2D eigenvalue weighted by Gasteiger charge is 2.19. The molecule has 1 aromatic heterocycles. The molecule has 0 bridgehead atoms. The molecule has 2 aromatic rings. The Kier molecular flexibility index (Phi) is 4.62. The number of rotatable bonds is 6. The van der Waals surface area contributed by atoms with Gasteiger partial charge < -0.3 is 9.26 Å². The molecule has 0 N–H and O–H groups in total. The fourth-order valence-corrected chi connectivity index (χ4v) is 3.10. The van der Waals surface area contributed by atoms with Crippen LogP contribution < -0.4 is 4.74 Å². The summed E-state index contributed by atoms with van der Waals surface area (Å²) in [5.74, 6) is 1.02. The zero-order valence-electron chi connectivity index (χ0n) is 12.2. The lowest BCUT2D eigenvalue weighted by Gasteiger charge is -2.04. The largest absolute Gasteiger partial charge is 0.497 e. The number of hydrogen-bond donors (Lipinski definition) is 0. The summed E-state index contributed by atoms with van der Waals surface area (Å²) in [5.41, 5.74) is 0.665. The number of benzene rings is 1. The van der Waals surface area contributed by atoms with Crippen LogP contribution in [0, 0.1) is 0 Å². The summed E-state index contributed by atoms with van der Waals surface area (Å²) >= 11 is 0. The zero-order valence-corrected chi connectivity index (χ0v) is 13.1. The number of methoxy groups -OCH3 is 1. The molecule has 0 atom stereocenters. The van der Waals surface area contributed by atoms with Gasteiger partial charge >= 0.3 is 0 Å². The summed E-state index contributed by atoms with van der Waals surface area (Å²) in [6, 6.07) is 6.97. The normalized spacial score (nSPS) is 11.8. The molecule has 6 nitrogen and oxygen atoms in total. The Bertz CT molecular complexity index is 707. The number of ether oxygens (including phenoxy) is 1. The number of aromatic nitrogens is 2. The van der Waals surface area contributed by atoms with Gasteiger partial charge in [-0.25, -0.2) is 8.42 Å². The molecule has 0 aliphatic heterocycles. The van der Waals surface area contributed by atoms with Gasteiger partial charge in [-0.05, 0) is 17.7 Å². The van der Waals surface area contributed by atoms with Crippen LogP contribution in [0.4, 0.5) is 0 Å². The van der Waals surface area contributed by atoms with Gasteiger partial charge in [-0.3, -0.25) is 0 Å². The second-order valence-corrected chi connectivity index (χ2v) is 7.15. The van der Waals surface area contributed by atoms with Crippen LogP contribution in [-0.2, 0) is 21.3 Å². The molecule has 0 amide bonds. The van der Waals surface area contributed by atoms with Crippen molar-refractivity contribution in [3.63, 3.8) is 0 Å². The minimum absolute atomic E-state index is 0.0937. The van der Waals surface area contributed by atoms with Crippen molar-refractivity contribution in [3.05, 3.63) is 41.5 Å². The quantitative estimate of drug-likeness (QED) is 0.814. The van der Waals surface area contributed by atoms with Gasteiger partial charge in [0.1, 0.15) is 11.5 Å². The van der Waals surface area contributed by atoms with Gasteiger partial charge in [-0.1, -0.05) is 31.1 Å². The third-order valence-electron chi connectivity index (χ3n) is 2.86. The smallest absolute Gasteiger partial charge is 0.241 e. The van der Waals surface area contributed by atoms with E-state index in [1.54, 1.807) is 31.4 Å². The first-order valence-electron chi connectivity index (χ1n) is 6.55. The van der Waals surface area contributed by atoms with Crippen molar-refractivity contribution in [2.45, 2.75) is 31.3 Å². The minimum atomic E-state index is -3.38. The van der Waals surface area contributed by atoms with Gasteiger partial charge in [0.15, 0.2) is 15.7 Å². The lowest BCUT2D eigenvalue weighted by atomic mass is 10.2. The maximum absolute atomic E-state index is 12.2. The molecule has 2 rings (SSSR count). The molecule has 0 fully saturated rings. The lowest BCUT2D eigenvalue weighted by Crippen LogP contribution is -2.08. The molecule has 0 saturated heterocycles. The maximum Gasteiger partial charge on any atom is 0.241 e. The van der Waals surface area contributed by atoms with Crippen molar-refractivity contribution in [2.24, 2.45) is 0 Å². The second-order valence-electron chi connectivity index (χ2n) is 5.08. The van der Waals surface area contributed by atoms with Crippen LogP contribution in [0.2, 0.25) is 0 Å². The molecule has 21 heavy (non-hydrogen) atoms. The number of hydrogen-bond acceptors (Lipinski definition) is 6. The van der Waals surface area contributed by atoms with Gasteiger partial charge in [0.05, 0.1) is 12.9 Å². The van der Waals surface area contributed by atoms with E-state index in [2.05, 4.69) is 10.1 Å². The molecule has 114 valence electrons. The molecule has 0 aliphatic carbocycles. The fraction of sp³-hybridized carbons (Fsp3) is 0.429. The van der Waals surface area contributed by atoms with E-state index in [4.69, 9.17) is 9.26 Å². The molecule has 0 aliphatic rings. The Morgan fingerprint density at radius 1 is 1.29 bits per heavy atom. The fourth-order valence-electron chi connectivity index (χ4n) is 1.82. The van der Waals surface area contributed by atoms with Crippen molar-refractivity contribution in [1.82, 2.24) is 10.1 Å². The summed E-state index contributed by atoms with van der Waals surface area (Å²) in [7, 11) is -1.84. The molecular formula is C14H18N2O4S. The summed E-state index contributed by atoms with van der Waals surface area (Å²) in [6.45, 7) is 3.83. The Morgan fingerprint density at radius 2 is 2.05 bits per heavy atom. The van der Waals surface area contributed by atoms with E-state index in [1.807, 2.05) is 13.8 Å². The van der Waals surface area contributed by atoms with Crippen molar-refractivity contribution >= 4 is 9.84 Å². The van der Waals surface area contributed by atoms with Crippen molar-refractivity contribution in [2.75, 3.05) is 7.11 Å². The van der Waals surface area contributed by atoms with Crippen LogP contribution in [0.3, 0.4) is 0 Å². The van der Waals surface area contributed by atoms with Crippen LogP contribution in [0.15, 0.2) is 28.8 Å². The predicted octanol–water partition coefficient (Wildman–Crippen LogP) is 2.32. The Balaban J connectivity index is 2.10. The molecular weight excluding hydrogens is 292 g/mol. The van der Waals surface area contributed by atoms with E-state index in [1.165, 1.54) is 0 Å². The first-order valence-corrected chi connectivity index (χ1v) is 8.37. The van der Waals surface area contributed by atoms with Gasteiger partial charge in [0.25, 0.3) is 0 Å². The van der Waals surface area contributed by atoms with E-state index in [0.29, 0.717) is 17.1 Å². The number of nitrogens with zero attached hydrogens (tertiary/aromatic N) is 2. The predicted molar refractivity (Wildman–Crippen MR) is 77.7 cm³/mol. The second kappa shape index (κ2) is 6.26. The highest BCUT2D eigenvalue weighted by atomic mass is 32.2. The van der Waals surface area contributed by atoms with Gasteiger partial charge in [-0.2, -0.15) is 4.98 Å². The Morgan fingerprint density at radius 3 is 2.67 bits per heavy atom. The average molecular weight is 310 g/mol. The molecule has 7 heteroatoms. The van der Waals surface area contributed by atoms with Gasteiger partial charge in [0.2, 0.25) is 5.89 Å². The molecule has 1 heterocycles. The maximum atomic E-state index is 12.2. The summed E-state index contributed by atoms with van der Waals surface area (Å²) < 4.78 is 34.4. The van der Waals surface area contributed by atoms with Crippen LogP contribution in [0.1, 0.15) is 37.0 Å². The molecule has 0 saturated carbocycles. The van der Waals surface area contributed by atoms with Crippen molar-refractivity contribution in [3.8, 4) is 5.75 Å².